The van der Waals surface area contributed by atoms with Crippen LogP contribution in [-0.4, -0.2) is 53.7 Å². The molecule has 1 saturated heterocycles. The first kappa shape index (κ1) is 17.9. The molecular formula is C18H25N3O3S. The van der Waals surface area contributed by atoms with E-state index < -0.39 is 0 Å². The lowest BCUT2D eigenvalue weighted by molar-refractivity contribution is -0.131. The van der Waals surface area contributed by atoms with Crippen LogP contribution in [0.15, 0.2) is 6.07 Å². The van der Waals surface area contributed by atoms with Gasteiger partial charge in [0.25, 0.3) is 5.91 Å². The van der Waals surface area contributed by atoms with Gasteiger partial charge in [-0.1, -0.05) is 6.92 Å². The summed E-state index contributed by atoms with van der Waals surface area (Å²) < 4.78 is 0. The standard InChI is InChI=1S/C18H25N3O3S/c1-2-16(22)21-10-6-14-13(12-21)11-15(25-14)18(24)19-7-4-9-20-8-3-5-17(20)23/h11H,2-10,12H2,1H3,(H,19,24). The average molecular weight is 363 g/mol. The lowest BCUT2D eigenvalue weighted by Crippen LogP contribution is -2.34. The molecule has 0 bridgehead atoms. The highest BCUT2D eigenvalue weighted by Crippen LogP contribution is 2.28. The Morgan fingerprint density at radius 3 is 2.84 bits per heavy atom. The highest BCUT2D eigenvalue weighted by atomic mass is 32.1. The molecule has 6 nitrogen and oxygen atoms in total. The maximum Gasteiger partial charge on any atom is 0.261 e. The van der Waals surface area contributed by atoms with Crippen molar-refractivity contribution in [1.82, 2.24) is 15.1 Å². The SMILES string of the molecule is CCC(=O)N1CCc2sc(C(=O)NCCCN3CCCC3=O)cc2C1. The minimum absolute atomic E-state index is 0.0551. The van der Waals surface area contributed by atoms with E-state index in [2.05, 4.69) is 5.32 Å². The number of nitrogens with one attached hydrogen (secondary N) is 1. The summed E-state index contributed by atoms with van der Waals surface area (Å²) in [6.45, 7) is 5.37. The summed E-state index contributed by atoms with van der Waals surface area (Å²) in [5.74, 6) is 0.336. The van der Waals surface area contributed by atoms with Gasteiger partial charge < -0.3 is 15.1 Å². The van der Waals surface area contributed by atoms with Crippen molar-refractivity contribution < 1.29 is 14.4 Å². The van der Waals surface area contributed by atoms with Crippen LogP contribution < -0.4 is 5.32 Å². The second-order valence-electron chi connectivity index (χ2n) is 6.57. The van der Waals surface area contributed by atoms with E-state index in [0.29, 0.717) is 37.4 Å². The number of hydrogen-bond acceptors (Lipinski definition) is 4. The first-order valence-electron chi connectivity index (χ1n) is 9.03. The van der Waals surface area contributed by atoms with Gasteiger partial charge in [-0.2, -0.15) is 0 Å². The van der Waals surface area contributed by atoms with E-state index in [0.717, 1.165) is 37.9 Å². The van der Waals surface area contributed by atoms with Gasteiger partial charge in [0.1, 0.15) is 0 Å². The fourth-order valence-electron chi connectivity index (χ4n) is 3.38. The highest BCUT2D eigenvalue weighted by Gasteiger charge is 2.23. The van der Waals surface area contributed by atoms with Crippen molar-refractivity contribution in [3.63, 3.8) is 0 Å². The van der Waals surface area contributed by atoms with Crippen LogP contribution in [0.5, 0.6) is 0 Å². The molecule has 0 atom stereocenters. The summed E-state index contributed by atoms with van der Waals surface area (Å²) in [4.78, 5) is 41.4. The molecule has 3 heterocycles. The maximum absolute atomic E-state index is 12.3. The van der Waals surface area contributed by atoms with Crippen molar-refractivity contribution in [3.8, 4) is 0 Å². The van der Waals surface area contributed by atoms with Gasteiger partial charge in [0.05, 0.1) is 4.88 Å². The molecule has 0 spiro atoms. The molecule has 0 radical (unpaired) electrons. The molecule has 3 rings (SSSR count). The van der Waals surface area contributed by atoms with Crippen LogP contribution in [0.3, 0.4) is 0 Å². The summed E-state index contributed by atoms with van der Waals surface area (Å²) in [5, 5.41) is 2.95. The van der Waals surface area contributed by atoms with Gasteiger partial charge in [0.15, 0.2) is 0 Å². The third-order valence-electron chi connectivity index (χ3n) is 4.81. The number of hydrogen-bond donors (Lipinski definition) is 1. The molecule has 3 amide bonds. The van der Waals surface area contributed by atoms with Crippen molar-refractivity contribution in [2.45, 2.75) is 45.6 Å². The molecule has 2 aliphatic heterocycles. The number of carbonyl (C=O) groups excluding carboxylic acids is 3. The third-order valence-corrected chi connectivity index (χ3v) is 6.04. The minimum atomic E-state index is -0.0551. The molecule has 1 fully saturated rings. The first-order valence-corrected chi connectivity index (χ1v) is 9.85. The van der Waals surface area contributed by atoms with Crippen molar-refractivity contribution in [2.24, 2.45) is 0 Å². The Morgan fingerprint density at radius 1 is 1.28 bits per heavy atom. The second-order valence-corrected chi connectivity index (χ2v) is 7.71. The van der Waals surface area contributed by atoms with Crippen LogP contribution >= 0.6 is 11.3 Å². The molecule has 1 aromatic rings. The zero-order valence-corrected chi connectivity index (χ0v) is 15.5. The lowest BCUT2D eigenvalue weighted by atomic mass is 10.1. The van der Waals surface area contributed by atoms with Gasteiger partial charge in [-0.15, -0.1) is 11.3 Å². The lowest BCUT2D eigenvalue weighted by Gasteiger charge is -2.26. The molecule has 0 saturated carbocycles. The van der Waals surface area contributed by atoms with Crippen LogP contribution in [0.2, 0.25) is 0 Å². The summed E-state index contributed by atoms with van der Waals surface area (Å²) in [6.07, 6.45) is 3.73. The van der Waals surface area contributed by atoms with Crippen molar-refractivity contribution in [3.05, 3.63) is 21.4 Å². The zero-order chi connectivity index (χ0) is 17.8. The number of nitrogens with zero attached hydrogens (tertiary/aromatic N) is 2. The summed E-state index contributed by atoms with van der Waals surface area (Å²) >= 11 is 1.53. The number of carbonyl (C=O) groups is 3. The molecular weight excluding hydrogens is 338 g/mol. The third kappa shape index (κ3) is 4.21. The van der Waals surface area contributed by atoms with E-state index in [4.69, 9.17) is 0 Å². The van der Waals surface area contributed by atoms with Gasteiger partial charge in [0, 0.05) is 50.4 Å². The average Bonchev–Trinajstić information content (AvgIpc) is 3.23. The van der Waals surface area contributed by atoms with Crippen LogP contribution in [0.1, 0.15) is 52.7 Å². The first-order chi connectivity index (χ1) is 12.1. The molecule has 1 aromatic heterocycles. The van der Waals surface area contributed by atoms with E-state index >= 15 is 0 Å². The van der Waals surface area contributed by atoms with Gasteiger partial charge >= 0.3 is 0 Å². The number of thiophene rings is 1. The Morgan fingerprint density at radius 2 is 2.12 bits per heavy atom. The molecule has 0 aromatic carbocycles. The van der Waals surface area contributed by atoms with Crippen molar-refractivity contribution in [1.29, 1.82) is 0 Å². The molecule has 0 unspecified atom stereocenters. The Labute approximate surface area is 152 Å². The molecule has 25 heavy (non-hydrogen) atoms. The fourth-order valence-corrected chi connectivity index (χ4v) is 4.46. The monoisotopic (exact) mass is 363 g/mol. The zero-order valence-electron chi connectivity index (χ0n) is 14.7. The molecule has 1 N–H and O–H groups in total. The van der Waals surface area contributed by atoms with E-state index in [-0.39, 0.29) is 17.7 Å². The van der Waals surface area contributed by atoms with Crippen LogP contribution in [0.25, 0.3) is 0 Å². The van der Waals surface area contributed by atoms with E-state index in [1.807, 2.05) is 22.8 Å². The van der Waals surface area contributed by atoms with Crippen molar-refractivity contribution in [2.75, 3.05) is 26.2 Å². The van der Waals surface area contributed by atoms with Gasteiger partial charge in [-0.05, 0) is 30.9 Å². The Bertz CT molecular complexity index is 671. The maximum atomic E-state index is 12.3. The predicted octanol–water partition coefficient (Wildman–Crippen LogP) is 1.79. The topological polar surface area (TPSA) is 69.7 Å². The van der Waals surface area contributed by atoms with E-state index in [1.165, 1.54) is 16.2 Å². The Balaban J connectivity index is 1.48. The number of amides is 3. The smallest absolute Gasteiger partial charge is 0.261 e. The van der Waals surface area contributed by atoms with Crippen LogP contribution in [-0.2, 0) is 22.6 Å². The fraction of sp³-hybridized carbons (Fsp3) is 0.611. The van der Waals surface area contributed by atoms with Gasteiger partial charge in [-0.25, -0.2) is 0 Å². The van der Waals surface area contributed by atoms with Crippen LogP contribution in [0.4, 0.5) is 0 Å². The predicted molar refractivity (Wildman–Crippen MR) is 96.5 cm³/mol. The van der Waals surface area contributed by atoms with Gasteiger partial charge in [-0.3, -0.25) is 14.4 Å². The Hall–Kier alpha value is -1.89. The quantitative estimate of drug-likeness (QED) is 0.784. The van der Waals surface area contributed by atoms with E-state index in [9.17, 15) is 14.4 Å². The molecule has 136 valence electrons. The summed E-state index contributed by atoms with van der Waals surface area (Å²) in [6, 6.07) is 1.93. The molecule has 2 aliphatic rings. The van der Waals surface area contributed by atoms with Gasteiger partial charge in [0.2, 0.25) is 11.8 Å². The Kier molecular flexibility index (Phi) is 5.73. The summed E-state index contributed by atoms with van der Waals surface area (Å²) in [7, 11) is 0. The second kappa shape index (κ2) is 7.99. The molecule has 7 heteroatoms. The largest absolute Gasteiger partial charge is 0.351 e. The highest BCUT2D eigenvalue weighted by molar-refractivity contribution is 7.14. The van der Waals surface area contributed by atoms with Crippen molar-refractivity contribution >= 4 is 29.1 Å². The number of fused-ring (bicyclic) bond motifs is 1. The van der Waals surface area contributed by atoms with E-state index in [1.54, 1.807) is 0 Å². The normalized spacial score (nSPS) is 16.9. The number of likely N-dealkylation sites (tertiary alicyclic amines) is 1. The number of rotatable bonds is 6. The summed E-state index contributed by atoms with van der Waals surface area (Å²) in [5.41, 5.74) is 1.10. The van der Waals surface area contributed by atoms with Crippen LogP contribution in [0, 0.1) is 0 Å². The minimum Gasteiger partial charge on any atom is -0.351 e. The molecule has 0 aliphatic carbocycles.